The van der Waals surface area contributed by atoms with E-state index < -0.39 is 18.5 Å². The molecule has 0 spiro atoms. The normalized spacial score (nSPS) is 9.96. The second-order valence-electron chi connectivity index (χ2n) is 4.25. The standard InChI is InChI=1S/C14H9Cl2N3O3S/c15-8-3-9(12(18)10(16)4-8)14(21)22-6-11(20)19-13-7(5-17)1-2-23-13/h1-4H,6,18H2,(H,19,20). The van der Waals surface area contributed by atoms with E-state index in [0.29, 0.717) is 10.6 Å². The predicted octanol–water partition coefficient (Wildman–Crippen LogP) is 3.30. The molecule has 0 radical (unpaired) electrons. The van der Waals surface area contributed by atoms with Gasteiger partial charge < -0.3 is 15.8 Å². The van der Waals surface area contributed by atoms with E-state index in [-0.39, 0.29) is 21.3 Å². The quantitative estimate of drug-likeness (QED) is 0.635. The van der Waals surface area contributed by atoms with Crippen molar-refractivity contribution >= 4 is 57.1 Å². The fourth-order valence-electron chi connectivity index (χ4n) is 1.62. The minimum absolute atomic E-state index is 0.0199. The summed E-state index contributed by atoms with van der Waals surface area (Å²) in [7, 11) is 0. The lowest BCUT2D eigenvalue weighted by Crippen LogP contribution is -2.21. The number of anilines is 2. The minimum atomic E-state index is -0.825. The van der Waals surface area contributed by atoms with E-state index in [1.165, 1.54) is 23.5 Å². The topological polar surface area (TPSA) is 105 Å². The minimum Gasteiger partial charge on any atom is -0.452 e. The van der Waals surface area contributed by atoms with E-state index in [9.17, 15) is 9.59 Å². The molecule has 1 aromatic carbocycles. The number of esters is 1. The van der Waals surface area contributed by atoms with Gasteiger partial charge in [0.15, 0.2) is 6.61 Å². The first-order valence-corrected chi connectivity index (χ1v) is 7.75. The Balaban J connectivity index is 2.00. The molecule has 118 valence electrons. The number of carbonyl (C=O) groups excluding carboxylic acids is 2. The van der Waals surface area contributed by atoms with E-state index in [1.807, 2.05) is 6.07 Å². The van der Waals surface area contributed by atoms with Crippen LogP contribution in [0.25, 0.3) is 0 Å². The number of thiophene rings is 1. The van der Waals surface area contributed by atoms with Gasteiger partial charge in [0.1, 0.15) is 11.1 Å². The van der Waals surface area contributed by atoms with Gasteiger partial charge in [0.25, 0.3) is 5.91 Å². The van der Waals surface area contributed by atoms with Crippen LogP contribution in [0, 0.1) is 11.3 Å². The summed E-state index contributed by atoms with van der Waals surface area (Å²) in [6, 6.07) is 6.20. The molecule has 2 aromatic rings. The van der Waals surface area contributed by atoms with Crippen molar-refractivity contribution in [3.8, 4) is 6.07 Å². The number of carbonyl (C=O) groups is 2. The Kier molecular flexibility index (Phi) is 5.45. The zero-order valence-electron chi connectivity index (χ0n) is 11.4. The van der Waals surface area contributed by atoms with Crippen molar-refractivity contribution in [2.75, 3.05) is 17.7 Å². The molecule has 0 aliphatic heterocycles. The molecule has 9 heteroatoms. The van der Waals surface area contributed by atoms with Crippen LogP contribution in [0.5, 0.6) is 0 Å². The van der Waals surface area contributed by atoms with Gasteiger partial charge in [-0.15, -0.1) is 11.3 Å². The molecule has 0 aliphatic rings. The summed E-state index contributed by atoms with van der Waals surface area (Å²) in [6.07, 6.45) is 0. The summed E-state index contributed by atoms with van der Waals surface area (Å²) in [5.74, 6) is -1.40. The Morgan fingerprint density at radius 1 is 1.39 bits per heavy atom. The Morgan fingerprint density at radius 3 is 2.83 bits per heavy atom. The van der Waals surface area contributed by atoms with E-state index in [0.717, 1.165) is 0 Å². The highest BCUT2D eigenvalue weighted by atomic mass is 35.5. The summed E-state index contributed by atoms with van der Waals surface area (Å²) in [5.41, 5.74) is 6.01. The first-order chi connectivity index (χ1) is 10.9. The first kappa shape index (κ1) is 17.1. The third-order valence-electron chi connectivity index (χ3n) is 2.69. The van der Waals surface area contributed by atoms with Gasteiger partial charge in [-0.2, -0.15) is 5.26 Å². The molecule has 6 nitrogen and oxygen atoms in total. The summed E-state index contributed by atoms with van der Waals surface area (Å²) in [4.78, 5) is 23.7. The number of nitrogens with two attached hydrogens (primary N) is 1. The number of hydrogen-bond donors (Lipinski definition) is 2. The van der Waals surface area contributed by atoms with Crippen LogP contribution in [0.1, 0.15) is 15.9 Å². The molecule has 0 fully saturated rings. The molecule has 1 heterocycles. The van der Waals surface area contributed by atoms with Gasteiger partial charge in [0.05, 0.1) is 21.8 Å². The Bertz CT molecular complexity index is 814. The van der Waals surface area contributed by atoms with Crippen molar-refractivity contribution in [3.05, 3.63) is 44.8 Å². The van der Waals surface area contributed by atoms with Crippen LogP contribution < -0.4 is 11.1 Å². The zero-order chi connectivity index (χ0) is 17.0. The van der Waals surface area contributed by atoms with Crippen LogP contribution in [0.3, 0.4) is 0 Å². The largest absolute Gasteiger partial charge is 0.452 e. The first-order valence-electron chi connectivity index (χ1n) is 6.11. The highest BCUT2D eigenvalue weighted by molar-refractivity contribution is 7.14. The highest BCUT2D eigenvalue weighted by Gasteiger charge is 2.17. The SMILES string of the molecule is N#Cc1ccsc1NC(=O)COC(=O)c1cc(Cl)cc(Cl)c1N. The van der Waals surface area contributed by atoms with E-state index in [4.69, 9.17) is 38.9 Å². The lowest BCUT2D eigenvalue weighted by Gasteiger charge is -2.09. The molecule has 0 atom stereocenters. The van der Waals surface area contributed by atoms with Gasteiger partial charge in [0.2, 0.25) is 0 Å². The summed E-state index contributed by atoms with van der Waals surface area (Å²) < 4.78 is 4.88. The summed E-state index contributed by atoms with van der Waals surface area (Å²) in [5, 5.41) is 13.7. The predicted molar refractivity (Wildman–Crippen MR) is 88.8 cm³/mol. The molecular weight excluding hydrogens is 361 g/mol. The fraction of sp³-hybridized carbons (Fsp3) is 0.0714. The molecule has 2 rings (SSSR count). The number of hydrogen-bond acceptors (Lipinski definition) is 6. The lowest BCUT2D eigenvalue weighted by atomic mass is 10.2. The van der Waals surface area contributed by atoms with Crippen LogP contribution in [0.15, 0.2) is 23.6 Å². The van der Waals surface area contributed by atoms with Crippen molar-refractivity contribution in [1.29, 1.82) is 5.26 Å². The average molecular weight is 370 g/mol. The van der Waals surface area contributed by atoms with Crippen molar-refractivity contribution in [1.82, 2.24) is 0 Å². The number of amides is 1. The van der Waals surface area contributed by atoms with E-state index in [1.54, 1.807) is 11.4 Å². The molecule has 0 unspecified atom stereocenters. The summed E-state index contributed by atoms with van der Waals surface area (Å²) in [6.45, 7) is -0.537. The van der Waals surface area contributed by atoms with Gasteiger partial charge in [0, 0.05) is 5.02 Å². The van der Waals surface area contributed by atoms with Gasteiger partial charge >= 0.3 is 5.97 Å². The number of benzene rings is 1. The molecule has 0 aliphatic carbocycles. The Labute approximate surface area is 145 Å². The number of halogens is 2. The third kappa shape index (κ3) is 4.13. The Morgan fingerprint density at radius 2 is 2.13 bits per heavy atom. The van der Waals surface area contributed by atoms with E-state index >= 15 is 0 Å². The van der Waals surface area contributed by atoms with Crippen LogP contribution in [0.4, 0.5) is 10.7 Å². The van der Waals surface area contributed by atoms with Crippen molar-refractivity contribution in [3.63, 3.8) is 0 Å². The highest BCUT2D eigenvalue weighted by Crippen LogP contribution is 2.28. The second kappa shape index (κ2) is 7.33. The smallest absolute Gasteiger partial charge is 0.340 e. The molecule has 1 aromatic heterocycles. The number of rotatable bonds is 4. The third-order valence-corrected chi connectivity index (χ3v) is 4.05. The molecule has 0 saturated heterocycles. The number of nitriles is 1. The molecule has 0 bridgehead atoms. The van der Waals surface area contributed by atoms with Gasteiger partial charge in [-0.05, 0) is 23.6 Å². The van der Waals surface area contributed by atoms with Crippen LogP contribution in [-0.4, -0.2) is 18.5 Å². The molecule has 3 N–H and O–H groups in total. The Hall–Kier alpha value is -2.27. The van der Waals surface area contributed by atoms with Crippen molar-refractivity contribution in [2.24, 2.45) is 0 Å². The van der Waals surface area contributed by atoms with Crippen LogP contribution in [0.2, 0.25) is 10.0 Å². The van der Waals surface area contributed by atoms with Crippen LogP contribution in [-0.2, 0) is 9.53 Å². The maximum Gasteiger partial charge on any atom is 0.340 e. The lowest BCUT2D eigenvalue weighted by molar-refractivity contribution is -0.119. The van der Waals surface area contributed by atoms with Crippen LogP contribution >= 0.6 is 34.5 Å². The monoisotopic (exact) mass is 369 g/mol. The number of ether oxygens (including phenoxy) is 1. The molecular formula is C14H9Cl2N3O3S. The number of nitrogens with one attached hydrogen (secondary N) is 1. The number of nitrogen functional groups attached to an aromatic ring is 1. The van der Waals surface area contributed by atoms with Gasteiger partial charge in [-0.1, -0.05) is 23.2 Å². The maximum atomic E-state index is 12.0. The maximum absolute atomic E-state index is 12.0. The zero-order valence-corrected chi connectivity index (χ0v) is 13.8. The van der Waals surface area contributed by atoms with E-state index in [2.05, 4.69) is 5.32 Å². The van der Waals surface area contributed by atoms with Gasteiger partial charge in [-0.3, -0.25) is 4.79 Å². The summed E-state index contributed by atoms with van der Waals surface area (Å²) >= 11 is 12.8. The van der Waals surface area contributed by atoms with Gasteiger partial charge in [-0.25, -0.2) is 4.79 Å². The fourth-order valence-corrected chi connectivity index (χ4v) is 2.87. The molecule has 0 saturated carbocycles. The average Bonchev–Trinajstić information content (AvgIpc) is 2.95. The molecule has 1 amide bonds. The van der Waals surface area contributed by atoms with Crippen molar-refractivity contribution < 1.29 is 14.3 Å². The number of nitrogens with zero attached hydrogens (tertiary/aromatic N) is 1. The van der Waals surface area contributed by atoms with Crippen molar-refractivity contribution in [2.45, 2.75) is 0 Å². The second-order valence-corrected chi connectivity index (χ2v) is 6.01. The molecule has 23 heavy (non-hydrogen) atoms.